The summed E-state index contributed by atoms with van der Waals surface area (Å²) < 4.78 is 11.6. The first-order valence-corrected chi connectivity index (χ1v) is 10.3. The highest BCUT2D eigenvalue weighted by Crippen LogP contribution is 2.66. The quantitative estimate of drug-likeness (QED) is 0.696. The van der Waals surface area contributed by atoms with Crippen molar-refractivity contribution < 1.29 is 19.4 Å². The Bertz CT molecular complexity index is 783. The van der Waals surface area contributed by atoms with Gasteiger partial charge in [0.05, 0.1) is 12.7 Å². The van der Waals surface area contributed by atoms with E-state index in [1.807, 2.05) is 6.07 Å². The Morgan fingerprint density at radius 2 is 1.96 bits per heavy atom. The van der Waals surface area contributed by atoms with E-state index >= 15 is 0 Å². The zero-order chi connectivity index (χ0) is 19.6. The summed E-state index contributed by atoms with van der Waals surface area (Å²) in [6.45, 7) is 9.53. The van der Waals surface area contributed by atoms with E-state index in [4.69, 9.17) is 9.47 Å². The smallest absolute Gasteiger partial charge is 0.337 e. The number of phenols is 1. The largest absolute Gasteiger partial charge is 0.504 e. The molecule has 3 aliphatic rings. The van der Waals surface area contributed by atoms with E-state index in [1.165, 1.54) is 32.4 Å². The maximum absolute atomic E-state index is 12.0. The van der Waals surface area contributed by atoms with Gasteiger partial charge in [-0.3, -0.25) is 0 Å². The molecule has 4 heteroatoms. The second-order valence-corrected chi connectivity index (χ2v) is 9.93. The zero-order valence-electron chi connectivity index (χ0n) is 17.2. The number of hydrogen-bond donors (Lipinski definition) is 1. The summed E-state index contributed by atoms with van der Waals surface area (Å²) in [5, 5.41) is 10.6. The number of methoxy groups -OCH3 is 1. The van der Waals surface area contributed by atoms with Crippen LogP contribution in [0.5, 0.6) is 11.5 Å². The Balaban J connectivity index is 1.80. The van der Waals surface area contributed by atoms with E-state index in [2.05, 4.69) is 27.7 Å². The van der Waals surface area contributed by atoms with Crippen molar-refractivity contribution in [3.8, 4) is 11.5 Å². The van der Waals surface area contributed by atoms with Crippen molar-refractivity contribution in [2.24, 2.45) is 22.7 Å². The van der Waals surface area contributed by atoms with Gasteiger partial charge in [0, 0.05) is 17.4 Å². The molecule has 0 bridgehead atoms. The van der Waals surface area contributed by atoms with E-state index < -0.39 is 5.97 Å². The molecule has 0 unspecified atom stereocenters. The van der Waals surface area contributed by atoms with Crippen LogP contribution in [0.15, 0.2) is 12.1 Å². The summed E-state index contributed by atoms with van der Waals surface area (Å²) in [5.74, 6) is 1.21. The summed E-state index contributed by atoms with van der Waals surface area (Å²) in [6.07, 6.45) is 6.78. The van der Waals surface area contributed by atoms with Crippen LogP contribution in [0.4, 0.5) is 0 Å². The third-order valence-electron chi connectivity index (χ3n) is 8.19. The highest BCUT2D eigenvalue weighted by molar-refractivity contribution is 5.90. The molecule has 1 aromatic rings. The van der Waals surface area contributed by atoms with Gasteiger partial charge in [-0.15, -0.1) is 0 Å². The standard InChI is InChI=1S/C23H32O4/c1-14-7-8-18-21(2,3)9-6-10-22(18,4)23(14)13-16-11-15(20(25)26-5)12-17(24)19(16)27-23/h11-12,14,18,24H,6-10,13H2,1-5H3/t14-,18+,22+,23+/m0/s1. The van der Waals surface area contributed by atoms with Crippen molar-refractivity contribution in [2.75, 3.05) is 7.11 Å². The number of ether oxygens (including phenoxy) is 2. The van der Waals surface area contributed by atoms with E-state index in [9.17, 15) is 9.90 Å². The average Bonchev–Trinajstić information content (AvgIpc) is 3.00. The molecule has 4 rings (SSSR count). The number of phenolic OH excluding ortho intramolecular Hbond substituents is 1. The van der Waals surface area contributed by atoms with Crippen molar-refractivity contribution in [1.82, 2.24) is 0 Å². The number of fused-ring (bicyclic) bond motifs is 3. The lowest BCUT2D eigenvalue weighted by atomic mass is 9.44. The highest BCUT2D eigenvalue weighted by Gasteiger charge is 2.65. The third-order valence-corrected chi connectivity index (χ3v) is 8.19. The average molecular weight is 373 g/mol. The molecule has 1 aromatic carbocycles. The minimum atomic E-state index is -0.423. The Labute approximate surface area is 162 Å². The van der Waals surface area contributed by atoms with Crippen LogP contribution in [-0.4, -0.2) is 23.8 Å². The van der Waals surface area contributed by atoms with Gasteiger partial charge < -0.3 is 14.6 Å². The van der Waals surface area contributed by atoms with E-state index in [-0.39, 0.29) is 16.8 Å². The van der Waals surface area contributed by atoms with Crippen LogP contribution in [-0.2, 0) is 11.2 Å². The lowest BCUT2D eigenvalue weighted by Gasteiger charge is -2.63. The molecule has 0 amide bonds. The van der Waals surface area contributed by atoms with Crippen LogP contribution in [0.1, 0.15) is 75.7 Å². The van der Waals surface area contributed by atoms with E-state index in [0.29, 0.717) is 28.6 Å². The Kier molecular flexibility index (Phi) is 4.07. The highest BCUT2D eigenvalue weighted by atomic mass is 16.5. The van der Waals surface area contributed by atoms with Gasteiger partial charge >= 0.3 is 5.97 Å². The first kappa shape index (κ1) is 18.6. The topological polar surface area (TPSA) is 55.8 Å². The molecule has 0 aromatic heterocycles. The molecule has 0 saturated heterocycles. The molecule has 1 spiro atoms. The molecule has 4 atom stereocenters. The summed E-state index contributed by atoms with van der Waals surface area (Å²) in [6, 6.07) is 3.32. The molecule has 27 heavy (non-hydrogen) atoms. The first-order valence-electron chi connectivity index (χ1n) is 10.3. The van der Waals surface area contributed by atoms with Gasteiger partial charge in [-0.1, -0.05) is 34.1 Å². The number of carbonyl (C=O) groups is 1. The van der Waals surface area contributed by atoms with Crippen LogP contribution >= 0.6 is 0 Å². The summed E-state index contributed by atoms with van der Waals surface area (Å²) in [5.41, 5.74) is 1.37. The molecule has 4 nitrogen and oxygen atoms in total. The van der Waals surface area contributed by atoms with E-state index in [1.54, 1.807) is 0 Å². The Morgan fingerprint density at radius 1 is 1.22 bits per heavy atom. The number of hydrogen-bond acceptors (Lipinski definition) is 4. The maximum Gasteiger partial charge on any atom is 0.337 e. The van der Waals surface area contributed by atoms with Crippen LogP contribution in [0, 0.1) is 22.7 Å². The molecule has 2 saturated carbocycles. The van der Waals surface area contributed by atoms with E-state index in [0.717, 1.165) is 24.8 Å². The van der Waals surface area contributed by atoms with Gasteiger partial charge in [0.15, 0.2) is 11.5 Å². The molecule has 1 N–H and O–H groups in total. The minimum Gasteiger partial charge on any atom is -0.504 e. The van der Waals surface area contributed by atoms with Crippen LogP contribution < -0.4 is 4.74 Å². The van der Waals surface area contributed by atoms with Crippen molar-refractivity contribution in [3.63, 3.8) is 0 Å². The van der Waals surface area contributed by atoms with Crippen LogP contribution in [0.3, 0.4) is 0 Å². The second kappa shape index (κ2) is 5.89. The minimum absolute atomic E-state index is 0.0535. The monoisotopic (exact) mass is 372 g/mol. The fourth-order valence-electron chi connectivity index (χ4n) is 6.80. The van der Waals surface area contributed by atoms with Crippen molar-refractivity contribution in [1.29, 1.82) is 0 Å². The van der Waals surface area contributed by atoms with Gasteiger partial charge in [-0.25, -0.2) is 4.79 Å². The third kappa shape index (κ3) is 2.44. The number of benzene rings is 1. The summed E-state index contributed by atoms with van der Waals surface area (Å²) in [7, 11) is 1.36. The molecule has 148 valence electrons. The van der Waals surface area contributed by atoms with Gasteiger partial charge in [0.1, 0.15) is 5.60 Å². The fraction of sp³-hybridized carbons (Fsp3) is 0.696. The molecule has 1 aliphatic heterocycles. The summed E-state index contributed by atoms with van der Waals surface area (Å²) in [4.78, 5) is 12.0. The van der Waals surface area contributed by atoms with Gasteiger partial charge in [-0.2, -0.15) is 0 Å². The van der Waals surface area contributed by atoms with Crippen molar-refractivity contribution in [3.05, 3.63) is 23.3 Å². The molecular formula is C23H32O4. The zero-order valence-corrected chi connectivity index (χ0v) is 17.2. The second-order valence-electron chi connectivity index (χ2n) is 9.93. The fourth-order valence-corrected chi connectivity index (χ4v) is 6.80. The normalized spacial score (nSPS) is 36.6. The lowest BCUT2D eigenvalue weighted by molar-refractivity contribution is -0.185. The number of aromatic hydroxyl groups is 1. The number of carbonyl (C=O) groups excluding carboxylic acids is 1. The van der Waals surface area contributed by atoms with Gasteiger partial charge in [0.25, 0.3) is 0 Å². The molecule has 2 aliphatic carbocycles. The molecule has 1 heterocycles. The molecule has 0 radical (unpaired) electrons. The van der Waals surface area contributed by atoms with Crippen molar-refractivity contribution in [2.45, 2.75) is 71.8 Å². The SMILES string of the molecule is COC(=O)c1cc(O)c2c(c1)C[C@@]1(O2)[C@@H](C)CC[C@@H]2C(C)(C)CCC[C@]21C. The predicted molar refractivity (Wildman–Crippen MR) is 104 cm³/mol. The number of esters is 1. The van der Waals surface area contributed by atoms with Gasteiger partial charge in [0.2, 0.25) is 0 Å². The van der Waals surface area contributed by atoms with Crippen molar-refractivity contribution >= 4 is 5.97 Å². The lowest BCUT2D eigenvalue weighted by Crippen LogP contribution is -2.64. The predicted octanol–water partition coefficient (Wildman–Crippen LogP) is 5.12. The maximum atomic E-state index is 12.0. The Hall–Kier alpha value is -1.71. The molecule has 2 fully saturated rings. The number of rotatable bonds is 1. The van der Waals surface area contributed by atoms with Crippen LogP contribution in [0.2, 0.25) is 0 Å². The first-order chi connectivity index (χ1) is 12.6. The van der Waals surface area contributed by atoms with Crippen LogP contribution in [0.25, 0.3) is 0 Å². The molecular weight excluding hydrogens is 340 g/mol. The van der Waals surface area contributed by atoms with Gasteiger partial charge in [-0.05, 0) is 55.1 Å². The Morgan fingerprint density at radius 3 is 2.67 bits per heavy atom. The summed E-state index contributed by atoms with van der Waals surface area (Å²) >= 11 is 0.